The lowest BCUT2D eigenvalue weighted by Crippen LogP contribution is -2.20. The van der Waals surface area contributed by atoms with Crippen LogP contribution in [0.1, 0.15) is 10.4 Å². The van der Waals surface area contributed by atoms with Gasteiger partial charge in [-0.15, -0.1) is 0 Å². The van der Waals surface area contributed by atoms with Crippen molar-refractivity contribution in [1.29, 1.82) is 0 Å². The zero-order valence-electron chi connectivity index (χ0n) is 11.1. The molecule has 1 heterocycles. The Bertz CT molecular complexity index is 800. The number of ketones is 1. The van der Waals surface area contributed by atoms with E-state index in [1.807, 2.05) is 0 Å². The molecular weight excluding hydrogens is 392 g/mol. The fourth-order valence-electron chi connectivity index (χ4n) is 1.70. The molecule has 1 amide bonds. The molecule has 0 fully saturated rings. The smallest absolute Gasteiger partial charge is 0.267 e. The van der Waals surface area contributed by atoms with Crippen molar-refractivity contribution in [2.75, 3.05) is 6.54 Å². The molecule has 0 unspecified atom stereocenters. The van der Waals surface area contributed by atoms with Crippen LogP contribution in [0.15, 0.2) is 52.1 Å². The molecule has 0 aliphatic rings. The standard InChI is InChI=1S/C13H11BrN2O4S2/c14-11-1-3-12(4-2-11)22(19,20)16-6-5-10(7-16)13(18)8-15(21)9-17/h1-7,9,21H,8H2. The summed E-state index contributed by atoms with van der Waals surface area (Å²) in [6.07, 6.45) is 2.90. The van der Waals surface area contributed by atoms with Crippen LogP contribution in [0, 0.1) is 0 Å². The van der Waals surface area contributed by atoms with Gasteiger partial charge in [0.15, 0.2) is 5.78 Å². The van der Waals surface area contributed by atoms with Gasteiger partial charge in [0.25, 0.3) is 10.0 Å². The summed E-state index contributed by atoms with van der Waals surface area (Å²) < 4.78 is 27.4. The molecule has 0 atom stereocenters. The lowest BCUT2D eigenvalue weighted by atomic mass is 10.2. The van der Waals surface area contributed by atoms with Crippen molar-refractivity contribution >= 4 is 51.0 Å². The Morgan fingerprint density at radius 3 is 2.50 bits per heavy atom. The predicted molar refractivity (Wildman–Crippen MR) is 87.2 cm³/mol. The van der Waals surface area contributed by atoms with Crippen LogP contribution in [0.4, 0.5) is 0 Å². The van der Waals surface area contributed by atoms with Crippen LogP contribution in [0.5, 0.6) is 0 Å². The third kappa shape index (κ3) is 3.60. The number of carbonyl (C=O) groups is 2. The van der Waals surface area contributed by atoms with Gasteiger partial charge in [0.2, 0.25) is 6.41 Å². The number of halogens is 1. The maximum Gasteiger partial charge on any atom is 0.267 e. The molecule has 0 aliphatic carbocycles. The molecule has 2 aromatic rings. The molecule has 116 valence electrons. The summed E-state index contributed by atoms with van der Waals surface area (Å²) in [6, 6.07) is 7.54. The second-order valence-corrected chi connectivity index (χ2v) is 7.59. The molecule has 2 rings (SSSR count). The molecule has 0 spiro atoms. The van der Waals surface area contributed by atoms with Gasteiger partial charge in [0.05, 0.1) is 11.4 Å². The molecule has 0 N–H and O–H groups in total. The number of thiol groups is 1. The summed E-state index contributed by atoms with van der Waals surface area (Å²) >= 11 is 7.00. The number of hydrogen-bond acceptors (Lipinski definition) is 5. The van der Waals surface area contributed by atoms with E-state index in [0.29, 0.717) is 6.41 Å². The molecule has 0 saturated heterocycles. The average molecular weight is 403 g/mol. The molecule has 0 saturated carbocycles. The maximum absolute atomic E-state index is 12.4. The number of amides is 1. The average Bonchev–Trinajstić information content (AvgIpc) is 2.98. The second kappa shape index (κ2) is 6.67. The SMILES string of the molecule is O=CN(S)CC(=O)c1ccn(S(=O)(=O)c2ccc(Br)cc2)c1. The highest BCUT2D eigenvalue weighted by Crippen LogP contribution is 2.18. The summed E-state index contributed by atoms with van der Waals surface area (Å²) in [4.78, 5) is 22.4. The largest absolute Gasteiger partial charge is 0.292 e. The highest BCUT2D eigenvalue weighted by molar-refractivity contribution is 9.10. The van der Waals surface area contributed by atoms with E-state index in [1.54, 1.807) is 12.1 Å². The van der Waals surface area contributed by atoms with Gasteiger partial charge in [0, 0.05) is 22.4 Å². The number of carbonyl (C=O) groups excluding carboxylic acids is 2. The summed E-state index contributed by atoms with van der Waals surface area (Å²) in [7, 11) is -3.76. The number of rotatable bonds is 6. The molecule has 1 aromatic carbocycles. The fourth-order valence-corrected chi connectivity index (χ4v) is 3.28. The predicted octanol–water partition coefficient (Wildman–Crippen LogP) is 1.97. The van der Waals surface area contributed by atoms with Gasteiger partial charge in [-0.3, -0.25) is 13.9 Å². The van der Waals surface area contributed by atoms with E-state index in [-0.39, 0.29) is 17.0 Å². The minimum absolute atomic E-state index is 0.106. The van der Waals surface area contributed by atoms with Crippen LogP contribution in [-0.2, 0) is 14.8 Å². The Hall–Kier alpha value is -1.58. The quantitative estimate of drug-likeness (QED) is 0.455. The first-order valence-corrected chi connectivity index (χ1v) is 8.61. The molecule has 6 nitrogen and oxygen atoms in total. The van der Waals surface area contributed by atoms with Crippen molar-refractivity contribution in [1.82, 2.24) is 8.28 Å². The summed E-state index contributed by atoms with van der Waals surface area (Å²) in [5.74, 6) is -0.410. The fraction of sp³-hybridized carbons (Fsp3) is 0.0769. The van der Waals surface area contributed by atoms with Gasteiger partial charge in [-0.1, -0.05) is 28.7 Å². The third-order valence-electron chi connectivity index (χ3n) is 2.81. The number of benzene rings is 1. The first-order valence-electron chi connectivity index (χ1n) is 5.98. The first kappa shape index (κ1) is 16.8. The van der Waals surface area contributed by atoms with Crippen molar-refractivity contribution in [3.8, 4) is 0 Å². The monoisotopic (exact) mass is 402 g/mol. The van der Waals surface area contributed by atoms with Gasteiger partial charge in [0.1, 0.15) is 0 Å². The van der Waals surface area contributed by atoms with Crippen molar-refractivity contribution in [3.63, 3.8) is 0 Å². The summed E-state index contributed by atoms with van der Waals surface area (Å²) in [5, 5.41) is 0. The lowest BCUT2D eigenvalue weighted by molar-refractivity contribution is -0.113. The zero-order valence-corrected chi connectivity index (χ0v) is 14.4. The topological polar surface area (TPSA) is 76.5 Å². The Kier molecular flexibility index (Phi) is 5.09. The second-order valence-electron chi connectivity index (χ2n) is 4.32. The Morgan fingerprint density at radius 1 is 1.27 bits per heavy atom. The van der Waals surface area contributed by atoms with Crippen molar-refractivity contribution < 1.29 is 18.0 Å². The molecule has 22 heavy (non-hydrogen) atoms. The van der Waals surface area contributed by atoms with Crippen molar-refractivity contribution in [2.45, 2.75) is 4.90 Å². The van der Waals surface area contributed by atoms with Crippen LogP contribution < -0.4 is 0 Å². The zero-order chi connectivity index (χ0) is 16.3. The summed E-state index contributed by atoms with van der Waals surface area (Å²) in [5.41, 5.74) is 0.182. The van der Waals surface area contributed by atoms with E-state index in [9.17, 15) is 18.0 Å². The minimum atomic E-state index is -3.76. The highest BCUT2D eigenvalue weighted by Gasteiger charge is 2.18. The molecule has 0 aliphatic heterocycles. The van der Waals surface area contributed by atoms with E-state index in [1.165, 1.54) is 30.6 Å². The number of aromatic nitrogens is 1. The Morgan fingerprint density at radius 2 is 1.91 bits per heavy atom. The Balaban J connectivity index is 2.29. The van der Waals surface area contributed by atoms with Crippen LogP contribution in [-0.4, -0.2) is 35.4 Å². The van der Waals surface area contributed by atoms with Crippen LogP contribution in [0.2, 0.25) is 0 Å². The van der Waals surface area contributed by atoms with E-state index in [4.69, 9.17) is 0 Å². The van der Waals surface area contributed by atoms with Crippen LogP contribution >= 0.6 is 28.7 Å². The number of Topliss-reactive ketones (excluding diaryl/α,β-unsaturated/α-hetero) is 1. The van der Waals surface area contributed by atoms with Gasteiger partial charge in [-0.25, -0.2) is 12.4 Å². The minimum Gasteiger partial charge on any atom is -0.292 e. The van der Waals surface area contributed by atoms with E-state index in [0.717, 1.165) is 12.8 Å². The van der Waals surface area contributed by atoms with Crippen molar-refractivity contribution in [2.24, 2.45) is 0 Å². The van der Waals surface area contributed by atoms with E-state index >= 15 is 0 Å². The van der Waals surface area contributed by atoms with E-state index < -0.39 is 15.8 Å². The van der Waals surface area contributed by atoms with Gasteiger partial charge in [-0.05, 0) is 30.3 Å². The van der Waals surface area contributed by atoms with Gasteiger partial charge in [-0.2, -0.15) is 0 Å². The Labute approximate surface area is 141 Å². The number of hydrogen-bond donors (Lipinski definition) is 1. The molecule has 0 bridgehead atoms. The normalized spacial score (nSPS) is 11.2. The van der Waals surface area contributed by atoms with E-state index in [2.05, 4.69) is 28.7 Å². The van der Waals surface area contributed by atoms with Crippen LogP contribution in [0.3, 0.4) is 0 Å². The van der Waals surface area contributed by atoms with Crippen LogP contribution in [0.25, 0.3) is 0 Å². The molecule has 1 aromatic heterocycles. The lowest BCUT2D eigenvalue weighted by Gasteiger charge is -2.07. The van der Waals surface area contributed by atoms with Crippen molar-refractivity contribution in [3.05, 3.63) is 52.8 Å². The first-order chi connectivity index (χ1) is 10.3. The molecule has 0 radical (unpaired) electrons. The third-order valence-corrected chi connectivity index (χ3v) is 5.22. The maximum atomic E-state index is 12.4. The number of nitrogens with zero attached hydrogens (tertiary/aromatic N) is 2. The van der Waals surface area contributed by atoms with Gasteiger partial charge < -0.3 is 0 Å². The molecular formula is C13H11BrN2O4S2. The van der Waals surface area contributed by atoms with Gasteiger partial charge >= 0.3 is 0 Å². The highest BCUT2D eigenvalue weighted by atomic mass is 79.9. The molecule has 9 heteroatoms. The summed E-state index contributed by atoms with van der Waals surface area (Å²) in [6.45, 7) is -0.241.